The zero-order valence-corrected chi connectivity index (χ0v) is 12.7. The lowest BCUT2D eigenvalue weighted by Crippen LogP contribution is -2.48. The van der Waals surface area contributed by atoms with E-state index < -0.39 is 0 Å². The predicted octanol–water partition coefficient (Wildman–Crippen LogP) is 2.12. The molecule has 0 spiro atoms. The molecule has 2 unspecified atom stereocenters. The van der Waals surface area contributed by atoms with Crippen LogP contribution in [0.4, 0.5) is 0 Å². The number of rotatable bonds is 3. The van der Waals surface area contributed by atoms with Crippen LogP contribution in [0.25, 0.3) is 0 Å². The van der Waals surface area contributed by atoms with Gasteiger partial charge in [-0.15, -0.1) is 0 Å². The number of hydrogen-bond acceptors (Lipinski definition) is 1. The Morgan fingerprint density at radius 2 is 1.75 bits per heavy atom. The maximum Gasteiger partial charge on any atom is 0.146 e. The van der Waals surface area contributed by atoms with E-state index in [9.17, 15) is 0 Å². The van der Waals surface area contributed by atoms with Crippen molar-refractivity contribution in [3.8, 4) is 0 Å². The van der Waals surface area contributed by atoms with Crippen molar-refractivity contribution >= 4 is 26.4 Å². The molecule has 74 valence electrons. The highest BCUT2D eigenvalue weighted by Crippen LogP contribution is 2.39. The van der Waals surface area contributed by atoms with Gasteiger partial charge in [0.2, 0.25) is 0 Å². The highest BCUT2D eigenvalue weighted by Gasteiger charge is 2.41. The SMILES string of the molecule is CC(CBr)C(C)(O[SiH3])C(C)(C)C. The van der Waals surface area contributed by atoms with Crippen LogP contribution in [0, 0.1) is 11.3 Å². The van der Waals surface area contributed by atoms with Gasteiger partial charge in [0.15, 0.2) is 0 Å². The van der Waals surface area contributed by atoms with Crippen LogP contribution in [-0.4, -0.2) is 21.4 Å². The molecule has 0 saturated heterocycles. The number of alkyl halides is 1. The molecule has 0 heterocycles. The van der Waals surface area contributed by atoms with Crippen LogP contribution >= 0.6 is 15.9 Å². The third-order valence-corrected chi connectivity index (χ3v) is 4.90. The summed E-state index contributed by atoms with van der Waals surface area (Å²) in [5, 5.41) is 1.00. The van der Waals surface area contributed by atoms with Gasteiger partial charge < -0.3 is 4.43 Å². The molecular weight excluding hydrogens is 232 g/mol. The summed E-state index contributed by atoms with van der Waals surface area (Å²) in [6.45, 7) is 11.2. The first-order valence-electron chi connectivity index (χ1n) is 4.40. The fourth-order valence-corrected chi connectivity index (χ4v) is 3.03. The summed E-state index contributed by atoms with van der Waals surface area (Å²) in [5.41, 5.74) is 0.213. The Hall–Kier alpha value is 0.657. The van der Waals surface area contributed by atoms with E-state index in [2.05, 4.69) is 50.5 Å². The molecule has 2 atom stereocenters. The lowest BCUT2D eigenvalue weighted by molar-refractivity contribution is -0.0475. The van der Waals surface area contributed by atoms with Gasteiger partial charge in [-0.3, -0.25) is 0 Å². The maximum atomic E-state index is 5.76. The molecule has 0 aliphatic rings. The summed E-state index contributed by atoms with van der Waals surface area (Å²) < 4.78 is 5.76. The molecule has 0 bridgehead atoms. The normalized spacial score (nSPS) is 20.5. The second-order valence-corrected chi connectivity index (χ2v) is 5.67. The minimum absolute atomic E-state index is 0.00270. The minimum Gasteiger partial charge on any atom is -0.422 e. The van der Waals surface area contributed by atoms with Crippen LogP contribution in [0.5, 0.6) is 0 Å². The number of halogens is 1. The Labute approximate surface area is 87.9 Å². The molecule has 0 aromatic rings. The molecule has 0 radical (unpaired) electrons. The molecule has 0 aromatic heterocycles. The first-order valence-corrected chi connectivity index (χ1v) is 6.34. The summed E-state index contributed by atoms with van der Waals surface area (Å²) >= 11 is 3.52. The van der Waals surface area contributed by atoms with Gasteiger partial charge in [-0.1, -0.05) is 43.6 Å². The Bertz CT molecular complexity index is 144. The molecule has 0 aliphatic heterocycles. The topological polar surface area (TPSA) is 9.23 Å². The van der Waals surface area contributed by atoms with Crippen LogP contribution in [0.3, 0.4) is 0 Å². The van der Waals surface area contributed by atoms with Crippen LogP contribution < -0.4 is 0 Å². The van der Waals surface area contributed by atoms with Crippen molar-refractivity contribution in [1.82, 2.24) is 0 Å². The minimum atomic E-state index is 0.00270. The van der Waals surface area contributed by atoms with Gasteiger partial charge in [-0.2, -0.15) is 0 Å². The molecule has 0 aliphatic carbocycles. The van der Waals surface area contributed by atoms with Crippen molar-refractivity contribution in [1.29, 1.82) is 0 Å². The van der Waals surface area contributed by atoms with Crippen molar-refractivity contribution < 1.29 is 4.43 Å². The van der Waals surface area contributed by atoms with Crippen molar-refractivity contribution in [2.45, 2.75) is 40.2 Å². The molecule has 3 heteroatoms. The van der Waals surface area contributed by atoms with E-state index in [0.717, 1.165) is 15.8 Å². The third-order valence-electron chi connectivity index (χ3n) is 3.09. The zero-order chi connectivity index (χ0) is 9.99. The summed E-state index contributed by atoms with van der Waals surface area (Å²) in [5.74, 6) is 0.551. The average molecular weight is 253 g/mol. The fraction of sp³-hybridized carbons (Fsp3) is 1.00. The number of hydrogen-bond donors (Lipinski definition) is 0. The summed E-state index contributed by atoms with van der Waals surface area (Å²) in [7, 11) is 0.809. The van der Waals surface area contributed by atoms with Crippen molar-refractivity contribution in [3.63, 3.8) is 0 Å². The van der Waals surface area contributed by atoms with Gasteiger partial charge in [0.1, 0.15) is 10.5 Å². The van der Waals surface area contributed by atoms with Gasteiger partial charge >= 0.3 is 0 Å². The largest absolute Gasteiger partial charge is 0.422 e. The van der Waals surface area contributed by atoms with Crippen LogP contribution in [0.15, 0.2) is 0 Å². The molecule has 0 saturated carbocycles. The molecule has 1 nitrogen and oxygen atoms in total. The molecule has 0 aromatic carbocycles. The van der Waals surface area contributed by atoms with Gasteiger partial charge in [-0.25, -0.2) is 0 Å². The van der Waals surface area contributed by atoms with Gasteiger partial charge in [0.25, 0.3) is 0 Å². The first kappa shape index (κ1) is 12.7. The summed E-state index contributed by atoms with van der Waals surface area (Å²) in [4.78, 5) is 0. The quantitative estimate of drug-likeness (QED) is 0.553. The molecule has 0 fully saturated rings. The second-order valence-electron chi connectivity index (χ2n) is 4.62. The Kier molecular flexibility index (Phi) is 4.48. The van der Waals surface area contributed by atoms with Crippen LogP contribution in [-0.2, 0) is 4.43 Å². The lowest BCUT2D eigenvalue weighted by Gasteiger charge is -2.45. The fourth-order valence-electron chi connectivity index (χ4n) is 1.39. The Morgan fingerprint density at radius 1 is 1.33 bits per heavy atom. The van der Waals surface area contributed by atoms with E-state index in [1.165, 1.54) is 0 Å². The first-order chi connectivity index (χ1) is 5.29. The molecule has 0 amide bonds. The lowest BCUT2D eigenvalue weighted by atomic mass is 9.71. The van der Waals surface area contributed by atoms with E-state index in [4.69, 9.17) is 4.43 Å². The van der Waals surface area contributed by atoms with Gasteiger partial charge in [-0.05, 0) is 18.3 Å². The van der Waals surface area contributed by atoms with E-state index >= 15 is 0 Å². The smallest absolute Gasteiger partial charge is 0.146 e. The maximum absolute atomic E-state index is 5.76. The standard InChI is InChI=1S/C9H21BrOSi/c1-7(6-10)9(5,11-12)8(2,3)4/h7H,6H2,1-5,12H3. The molecule has 12 heavy (non-hydrogen) atoms. The van der Waals surface area contributed by atoms with Crippen molar-refractivity contribution in [3.05, 3.63) is 0 Å². The van der Waals surface area contributed by atoms with Gasteiger partial charge in [0, 0.05) is 5.33 Å². The predicted molar refractivity (Wildman–Crippen MR) is 61.8 cm³/mol. The van der Waals surface area contributed by atoms with E-state index in [-0.39, 0.29) is 11.0 Å². The monoisotopic (exact) mass is 252 g/mol. The van der Waals surface area contributed by atoms with E-state index in [0.29, 0.717) is 5.92 Å². The highest BCUT2D eigenvalue weighted by atomic mass is 79.9. The summed E-state index contributed by atoms with van der Waals surface area (Å²) in [6.07, 6.45) is 0. The zero-order valence-electron chi connectivity index (χ0n) is 9.07. The van der Waals surface area contributed by atoms with Crippen molar-refractivity contribution in [2.75, 3.05) is 5.33 Å². The van der Waals surface area contributed by atoms with E-state index in [1.54, 1.807) is 0 Å². The third kappa shape index (κ3) is 2.33. The Morgan fingerprint density at radius 3 is 1.83 bits per heavy atom. The molecule has 0 rings (SSSR count). The van der Waals surface area contributed by atoms with Crippen LogP contribution in [0.2, 0.25) is 0 Å². The molecule has 0 N–H and O–H groups in total. The van der Waals surface area contributed by atoms with Crippen LogP contribution in [0.1, 0.15) is 34.6 Å². The van der Waals surface area contributed by atoms with Gasteiger partial charge in [0.05, 0.1) is 5.60 Å². The second kappa shape index (κ2) is 4.25. The van der Waals surface area contributed by atoms with Crippen molar-refractivity contribution in [2.24, 2.45) is 11.3 Å². The highest BCUT2D eigenvalue weighted by molar-refractivity contribution is 9.09. The molecular formula is C9H21BrOSi. The summed E-state index contributed by atoms with van der Waals surface area (Å²) in [6, 6.07) is 0. The average Bonchev–Trinajstić information content (AvgIpc) is 1.99. The van der Waals surface area contributed by atoms with E-state index in [1.807, 2.05) is 0 Å². The Balaban J connectivity index is 4.67.